The first kappa shape index (κ1) is 19.9. The van der Waals surface area contributed by atoms with Gasteiger partial charge < -0.3 is 15.0 Å². The second kappa shape index (κ2) is 9.40. The summed E-state index contributed by atoms with van der Waals surface area (Å²) >= 11 is 0. The van der Waals surface area contributed by atoms with Crippen molar-refractivity contribution >= 4 is 11.8 Å². The number of ether oxygens (including phenoxy) is 1. The molecule has 1 fully saturated rings. The van der Waals surface area contributed by atoms with E-state index in [9.17, 15) is 9.59 Å². The minimum atomic E-state index is -0.00475. The second-order valence-corrected chi connectivity index (χ2v) is 7.34. The maximum atomic E-state index is 12.7. The first-order chi connectivity index (χ1) is 13.5. The fourth-order valence-electron chi connectivity index (χ4n) is 3.36. The van der Waals surface area contributed by atoms with Crippen molar-refractivity contribution in [1.82, 2.24) is 10.2 Å². The van der Waals surface area contributed by atoms with Gasteiger partial charge in [-0.2, -0.15) is 0 Å². The van der Waals surface area contributed by atoms with Gasteiger partial charge in [0, 0.05) is 24.7 Å². The van der Waals surface area contributed by atoms with Crippen molar-refractivity contribution in [2.45, 2.75) is 39.2 Å². The van der Waals surface area contributed by atoms with Gasteiger partial charge in [-0.25, -0.2) is 0 Å². The van der Waals surface area contributed by atoms with Gasteiger partial charge in [-0.1, -0.05) is 24.3 Å². The van der Waals surface area contributed by atoms with E-state index in [0.717, 1.165) is 29.7 Å². The molecule has 5 nitrogen and oxygen atoms in total. The Hall–Kier alpha value is -2.82. The Kier molecular flexibility index (Phi) is 6.69. The van der Waals surface area contributed by atoms with E-state index in [-0.39, 0.29) is 17.9 Å². The van der Waals surface area contributed by atoms with Crippen LogP contribution in [0.3, 0.4) is 0 Å². The standard InChI is InChI=1S/C23H28N2O3/c1-17-8-9-19(16-18(17)2)23(27)25-13-10-20(11-14-25)24-22(26)12-15-28-21-6-4-3-5-7-21/h3-9,16,20H,10-15H2,1-2H3,(H,24,26). The molecule has 0 atom stereocenters. The number of hydrogen-bond donors (Lipinski definition) is 1. The SMILES string of the molecule is Cc1ccc(C(=O)N2CCC(NC(=O)CCOc3ccccc3)CC2)cc1C. The number of nitrogens with one attached hydrogen (secondary N) is 1. The molecule has 2 aromatic carbocycles. The van der Waals surface area contributed by atoms with E-state index in [1.165, 1.54) is 5.56 Å². The van der Waals surface area contributed by atoms with E-state index in [1.54, 1.807) is 0 Å². The number of likely N-dealkylation sites (tertiary alicyclic amines) is 1. The molecule has 1 aliphatic rings. The first-order valence-electron chi connectivity index (χ1n) is 9.86. The molecule has 2 amide bonds. The molecule has 3 rings (SSSR count). The molecule has 0 bridgehead atoms. The molecule has 0 aromatic heterocycles. The Bertz CT molecular complexity index is 812. The van der Waals surface area contributed by atoms with Crippen LogP contribution in [0.5, 0.6) is 5.75 Å². The lowest BCUT2D eigenvalue weighted by Gasteiger charge is -2.32. The van der Waals surface area contributed by atoms with Gasteiger partial charge in [0.15, 0.2) is 0 Å². The number of carbonyl (C=O) groups excluding carboxylic acids is 2. The normalized spacial score (nSPS) is 14.6. The van der Waals surface area contributed by atoms with Crippen LogP contribution in [0.15, 0.2) is 48.5 Å². The molecule has 1 aliphatic heterocycles. The summed E-state index contributed by atoms with van der Waals surface area (Å²) in [5.74, 6) is 0.840. The fraction of sp³-hybridized carbons (Fsp3) is 0.391. The van der Waals surface area contributed by atoms with Gasteiger partial charge in [-0.05, 0) is 62.1 Å². The summed E-state index contributed by atoms with van der Waals surface area (Å²) < 4.78 is 5.57. The summed E-state index contributed by atoms with van der Waals surface area (Å²) in [4.78, 5) is 26.7. The van der Waals surface area contributed by atoms with Crippen LogP contribution in [0.1, 0.15) is 40.7 Å². The van der Waals surface area contributed by atoms with Gasteiger partial charge in [0.25, 0.3) is 5.91 Å². The van der Waals surface area contributed by atoms with E-state index in [2.05, 4.69) is 5.32 Å². The molecule has 0 unspecified atom stereocenters. The molecular formula is C23H28N2O3. The molecule has 0 spiro atoms. The van der Waals surface area contributed by atoms with Crippen LogP contribution < -0.4 is 10.1 Å². The molecule has 2 aromatic rings. The second-order valence-electron chi connectivity index (χ2n) is 7.34. The zero-order valence-electron chi connectivity index (χ0n) is 16.6. The van der Waals surface area contributed by atoms with Gasteiger partial charge in [0.1, 0.15) is 5.75 Å². The van der Waals surface area contributed by atoms with Crippen LogP contribution in [0.2, 0.25) is 0 Å². The van der Waals surface area contributed by atoms with E-state index < -0.39 is 0 Å². The van der Waals surface area contributed by atoms with Crippen molar-refractivity contribution < 1.29 is 14.3 Å². The molecule has 0 saturated carbocycles. The summed E-state index contributed by atoms with van der Waals surface area (Å²) in [5.41, 5.74) is 3.06. The number of para-hydroxylation sites is 1. The molecule has 5 heteroatoms. The predicted molar refractivity (Wildman–Crippen MR) is 110 cm³/mol. The van der Waals surface area contributed by atoms with Gasteiger partial charge in [0.05, 0.1) is 13.0 Å². The zero-order valence-corrected chi connectivity index (χ0v) is 16.6. The van der Waals surface area contributed by atoms with E-state index in [4.69, 9.17) is 4.74 Å². The van der Waals surface area contributed by atoms with E-state index >= 15 is 0 Å². The molecule has 148 valence electrons. The lowest BCUT2D eigenvalue weighted by molar-refractivity contribution is -0.122. The number of benzene rings is 2. The number of carbonyl (C=O) groups is 2. The van der Waals surface area contributed by atoms with Gasteiger partial charge in [0.2, 0.25) is 5.91 Å². The maximum Gasteiger partial charge on any atom is 0.253 e. The average Bonchev–Trinajstić information content (AvgIpc) is 2.71. The molecule has 0 aliphatic carbocycles. The minimum absolute atomic E-state index is 0.00475. The van der Waals surface area contributed by atoms with Crippen molar-refractivity contribution in [2.24, 2.45) is 0 Å². The third-order valence-electron chi connectivity index (χ3n) is 5.24. The van der Waals surface area contributed by atoms with Crippen LogP contribution in [0.25, 0.3) is 0 Å². The number of nitrogens with zero attached hydrogens (tertiary/aromatic N) is 1. The molecular weight excluding hydrogens is 352 g/mol. The number of rotatable bonds is 6. The van der Waals surface area contributed by atoms with Crippen molar-refractivity contribution in [3.63, 3.8) is 0 Å². The number of aryl methyl sites for hydroxylation is 2. The van der Waals surface area contributed by atoms with Crippen molar-refractivity contribution in [3.05, 3.63) is 65.2 Å². The van der Waals surface area contributed by atoms with Crippen LogP contribution >= 0.6 is 0 Å². The molecule has 1 N–H and O–H groups in total. The van der Waals surface area contributed by atoms with Gasteiger partial charge in [-0.15, -0.1) is 0 Å². The number of amides is 2. The summed E-state index contributed by atoms with van der Waals surface area (Å²) in [6, 6.07) is 15.5. The summed E-state index contributed by atoms with van der Waals surface area (Å²) in [6.07, 6.45) is 1.89. The first-order valence-corrected chi connectivity index (χ1v) is 9.86. The topological polar surface area (TPSA) is 58.6 Å². The molecule has 28 heavy (non-hydrogen) atoms. The number of hydrogen-bond acceptors (Lipinski definition) is 3. The molecule has 1 heterocycles. The van der Waals surface area contributed by atoms with Crippen molar-refractivity contribution in [1.29, 1.82) is 0 Å². The average molecular weight is 380 g/mol. The van der Waals surface area contributed by atoms with Crippen molar-refractivity contribution in [3.8, 4) is 5.75 Å². The lowest BCUT2D eigenvalue weighted by Crippen LogP contribution is -2.46. The Balaban J connectivity index is 1.40. The monoisotopic (exact) mass is 380 g/mol. The van der Waals surface area contributed by atoms with Gasteiger partial charge in [-0.3, -0.25) is 9.59 Å². The predicted octanol–water partition coefficient (Wildman–Crippen LogP) is 3.49. The Morgan fingerprint density at radius 1 is 1.04 bits per heavy atom. The van der Waals surface area contributed by atoms with E-state index in [1.807, 2.05) is 67.3 Å². The van der Waals surface area contributed by atoms with Crippen LogP contribution in [-0.4, -0.2) is 42.5 Å². The highest BCUT2D eigenvalue weighted by Crippen LogP contribution is 2.17. The Morgan fingerprint density at radius 3 is 2.43 bits per heavy atom. The van der Waals surface area contributed by atoms with Crippen LogP contribution in [-0.2, 0) is 4.79 Å². The van der Waals surface area contributed by atoms with Crippen LogP contribution in [0.4, 0.5) is 0 Å². The largest absolute Gasteiger partial charge is 0.493 e. The third-order valence-corrected chi connectivity index (χ3v) is 5.24. The minimum Gasteiger partial charge on any atom is -0.493 e. The third kappa shape index (κ3) is 5.35. The van der Waals surface area contributed by atoms with E-state index in [0.29, 0.717) is 26.1 Å². The zero-order chi connectivity index (χ0) is 19.9. The lowest BCUT2D eigenvalue weighted by atomic mass is 10.0. The highest BCUT2D eigenvalue weighted by Gasteiger charge is 2.24. The van der Waals surface area contributed by atoms with Crippen LogP contribution in [0, 0.1) is 13.8 Å². The highest BCUT2D eigenvalue weighted by molar-refractivity contribution is 5.94. The highest BCUT2D eigenvalue weighted by atomic mass is 16.5. The molecule has 0 radical (unpaired) electrons. The Labute approximate surface area is 166 Å². The van der Waals surface area contributed by atoms with Crippen molar-refractivity contribution in [2.75, 3.05) is 19.7 Å². The summed E-state index contributed by atoms with van der Waals surface area (Å²) in [7, 11) is 0. The van der Waals surface area contributed by atoms with Gasteiger partial charge >= 0.3 is 0 Å². The summed E-state index contributed by atoms with van der Waals surface area (Å²) in [6.45, 7) is 5.76. The quantitative estimate of drug-likeness (QED) is 0.835. The summed E-state index contributed by atoms with van der Waals surface area (Å²) in [5, 5.41) is 3.06. The maximum absolute atomic E-state index is 12.7. The molecule has 1 saturated heterocycles. The smallest absolute Gasteiger partial charge is 0.253 e. The number of piperidine rings is 1. The fourth-order valence-corrected chi connectivity index (χ4v) is 3.36. The Morgan fingerprint density at radius 2 is 1.75 bits per heavy atom.